The summed E-state index contributed by atoms with van der Waals surface area (Å²) in [5.74, 6) is 0.323. The molecule has 2 aliphatic carbocycles. The number of hydrogen-bond donors (Lipinski definition) is 1. The van der Waals surface area contributed by atoms with Crippen molar-refractivity contribution < 1.29 is 23.8 Å². The molecule has 0 saturated heterocycles. The summed E-state index contributed by atoms with van der Waals surface area (Å²) in [5.41, 5.74) is 3.41. The lowest BCUT2D eigenvalue weighted by atomic mass is 9.96. The maximum atomic E-state index is 14.9. The number of pyridine rings is 1. The molecule has 1 heterocycles. The zero-order chi connectivity index (χ0) is 23.2. The molecule has 170 valence electrons. The Kier molecular flexibility index (Phi) is 5.31. The van der Waals surface area contributed by atoms with E-state index < -0.39 is 17.5 Å². The smallest absolute Gasteiger partial charge is 0.310 e. The van der Waals surface area contributed by atoms with Gasteiger partial charge in [-0.25, -0.2) is 4.39 Å². The molecule has 1 saturated carbocycles. The summed E-state index contributed by atoms with van der Waals surface area (Å²) in [4.78, 5) is 16.1. The Morgan fingerprint density at radius 3 is 2.67 bits per heavy atom. The Bertz CT molecular complexity index is 1210. The quantitative estimate of drug-likeness (QED) is 0.486. The van der Waals surface area contributed by atoms with E-state index in [1.807, 2.05) is 43.3 Å². The molecule has 0 aliphatic heterocycles. The zero-order valence-electron chi connectivity index (χ0n) is 18.7. The second-order valence-electron chi connectivity index (χ2n) is 8.83. The summed E-state index contributed by atoms with van der Waals surface area (Å²) in [5, 5.41) is 9.56. The Balaban J connectivity index is 1.39. The van der Waals surface area contributed by atoms with Gasteiger partial charge in [0.25, 0.3) is 0 Å². The van der Waals surface area contributed by atoms with Gasteiger partial charge in [0.2, 0.25) is 0 Å². The van der Waals surface area contributed by atoms with Crippen molar-refractivity contribution in [1.82, 2.24) is 4.98 Å². The number of methoxy groups -OCH3 is 1. The molecule has 3 aromatic rings. The monoisotopic (exact) mass is 447 g/mol. The van der Waals surface area contributed by atoms with E-state index in [0.717, 1.165) is 16.7 Å². The molecule has 3 atom stereocenters. The molecule has 0 bridgehead atoms. The Morgan fingerprint density at radius 2 is 2.00 bits per heavy atom. The van der Waals surface area contributed by atoms with Gasteiger partial charge < -0.3 is 14.6 Å². The standard InChI is InChI=1S/C27H26FNO4/c1-3-27(26(30)31)15-20(27)16-6-8-17(9-7-16)33-22-13-11-18-19(10-12-21(28)24(18)22)25-23(32-2)5-4-14-29-25/h4-10,12,14,20,22H,3,11,13,15H2,1-2H3,(H,30,31)/t20?,22-,27?/m1/s1. The SMILES string of the molecule is CCC1(C(=O)O)CC1c1ccc(O[C@@H]2CCc3c(-c4ncccc4OC)ccc(F)c32)cc1. The second kappa shape index (κ2) is 8.18. The molecule has 2 aromatic carbocycles. The molecular formula is C27H26FNO4. The van der Waals surface area contributed by atoms with E-state index in [9.17, 15) is 14.3 Å². The highest BCUT2D eigenvalue weighted by Crippen LogP contribution is 2.61. The minimum absolute atomic E-state index is 0.0367. The maximum absolute atomic E-state index is 14.9. The fourth-order valence-electron chi connectivity index (χ4n) is 5.23. The van der Waals surface area contributed by atoms with Crippen LogP contribution in [-0.4, -0.2) is 23.2 Å². The number of rotatable bonds is 7. The van der Waals surface area contributed by atoms with Crippen LogP contribution < -0.4 is 9.47 Å². The van der Waals surface area contributed by atoms with E-state index in [2.05, 4.69) is 4.98 Å². The summed E-state index contributed by atoms with van der Waals surface area (Å²) in [7, 11) is 1.60. The first-order valence-corrected chi connectivity index (χ1v) is 11.3. The van der Waals surface area contributed by atoms with E-state index >= 15 is 0 Å². The van der Waals surface area contributed by atoms with Gasteiger partial charge in [-0.05, 0) is 73.2 Å². The number of hydrogen-bond acceptors (Lipinski definition) is 4. The number of carboxylic acid groups (broad SMARTS) is 1. The summed E-state index contributed by atoms with van der Waals surface area (Å²) in [6.45, 7) is 1.92. The van der Waals surface area contributed by atoms with Gasteiger partial charge in [0, 0.05) is 23.2 Å². The van der Waals surface area contributed by atoms with Gasteiger partial charge in [-0.3, -0.25) is 9.78 Å². The van der Waals surface area contributed by atoms with Crippen LogP contribution in [0.1, 0.15) is 54.9 Å². The normalized spacial score (nSPS) is 23.1. The number of nitrogens with zero attached hydrogens (tertiary/aromatic N) is 1. The first-order valence-electron chi connectivity index (χ1n) is 11.3. The molecule has 1 N–H and O–H groups in total. The van der Waals surface area contributed by atoms with Gasteiger partial charge in [-0.2, -0.15) is 0 Å². The fraction of sp³-hybridized carbons (Fsp3) is 0.333. The van der Waals surface area contributed by atoms with Crippen molar-refractivity contribution in [3.8, 4) is 22.8 Å². The van der Waals surface area contributed by atoms with Crippen molar-refractivity contribution >= 4 is 5.97 Å². The minimum atomic E-state index is -0.728. The Labute approximate surface area is 192 Å². The second-order valence-corrected chi connectivity index (χ2v) is 8.83. The van der Waals surface area contributed by atoms with Crippen LogP contribution >= 0.6 is 0 Å². The van der Waals surface area contributed by atoms with Crippen LogP contribution in [0.3, 0.4) is 0 Å². The van der Waals surface area contributed by atoms with Crippen LogP contribution in [0.25, 0.3) is 11.3 Å². The van der Waals surface area contributed by atoms with Crippen molar-refractivity contribution in [3.05, 3.63) is 77.2 Å². The average Bonchev–Trinajstić information content (AvgIpc) is 3.46. The molecule has 0 amide bonds. The van der Waals surface area contributed by atoms with Gasteiger partial charge >= 0.3 is 5.97 Å². The molecule has 33 heavy (non-hydrogen) atoms. The number of halogens is 1. The molecule has 5 nitrogen and oxygen atoms in total. The number of aromatic nitrogens is 1. The highest BCUT2D eigenvalue weighted by Gasteiger charge is 2.59. The maximum Gasteiger partial charge on any atom is 0.310 e. The van der Waals surface area contributed by atoms with Crippen LogP contribution in [0.15, 0.2) is 54.7 Å². The highest BCUT2D eigenvalue weighted by atomic mass is 19.1. The number of carbonyl (C=O) groups is 1. The number of aliphatic carboxylic acids is 1. The van der Waals surface area contributed by atoms with Gasteiger partial charge in [-0.15, -0.1) is 0 Å². The predicted molar refractivity (Wildman–Crippen MR) is 122 cm³/mol. The predicted octanol–water partition coefficient (Wildman–Crippen LogP) is 5.93. The van der Waals surface area contributed by atoms with Crippen molar-refractivity contribution in [2.24, 2.45) is 5.41 Å². The van der Waals surface area contributed by atoms with Gasteiger partial charge in [0.1, 0.15) is 29.1 Å². The van der Waals surface area contributed by atoms with Crippen molar-refractivity contribution in [3.63, 3.8) is 0 Å². The lowest BCUT2D eigenvalue weighted by Gasteiger charge is -2.17. The Morgan fingerprint density at radius 1 is 1.21 bits per heavy atom. The lowest BCUT2D eigenvalue weighted by molar-refractivity contribution is -0.143. The molecule has 2 unspecified atom stereocenters. The zero-order valence-corrected chi connectivity index (χ0v) is 18.7. The molecule has 1 aromatic heterocycles. The van der Waals surface area contributed by atoms with E-state index in [0.29, 0.717) is 48.4 Å². The summed E-state index contributed by atoms with van der Waals surface area (Å²) in [6.07, 6.45) is 3.95. The number of ether oxygens (including phenoxy) is 2. The number of benzene rings is 2. The third kappa shape index (κ3) is 3.54. The third-order valence-corrected chi connectivity index (χ3v) is 7.22. The number of carboxylic acids is 1. The first kappa shape index (κ1) is 21.4. The van der Waals surface area contributed by atoms with E-state index in [-0.39, 0.29) is 11.7 Å². The Hall–Kier alpha value is -3.41. The minimum Gasteiger partial charge on any atom is -0.494 e. The first-order chi connectivity index (χ1) is 16.0. The topological polar surface area (TPSA) is 68.7 Å². The molecule has 5 rings (SSSR count). The van der Waals surface area contributed by atoms with E-state index in [4.69, 9.17) is 9.47 Å². The van der Waals surface area contributed by atoms with Crippen LogP contribution in [0, 0.1) is 11.2 Å². The van der Waals surface area contributed by atoms with Crippen molar-refractivity contribution in [2.45, 2.75) is 44.6 Å². The lowest BCUT2D eigenvalue weighted by Crippen LogP contribution is -2.15. The summed E-state index contributed by atoms with van der Waals surface area (Å²) in [6, 6.07) is 14.5. The molecule has 6 heteroatoms. The fourth-order valence-corrected chi connectivity index (χ4v) is 5.23. The van der Waals surface area contributed by atoms with Gasteiger partial charge in [-0.1, -0.05) is 19.1 Å². The molecule has 2 aliphatic rings. The molecular weight excluding hydrogens is 421 g/mol. The molecule has 1 fully saturated rings. The van der Waals surface area contributed by atoms with Crippen molar-refractivity contribution in [1.29, 1.82) is 0 Å². The average molecular weight is 448 g/mol. The van der Waals surface area contributed by atoms with Crippen LogP contribution in [0.4, 0.5) is 4.39 Å². The van der Waals surface area contributed by atoms with Crippen LogP contribution in [0.5, 0.6) is 11.5 Å². The van der Waals surface area contributed by atoms with Crippen molar-refractivity contribution in [2.75, 3.05) is 7.11 Å². The highest BCUT2D eigenvalue weighted by molar-refractivity contribution is 5.80. The van der Waals surface area contributed by atoms with Gasteiger partial charge in [0.15, 0.2) is 0 Å². The molecule has 0 spiro atoms. The summed E-state index contributed by atoms with van der Waals surface area (Å²) >= 11 is 0. The van der Waals surface area contributed by atoms with Crippen LogP contribution in [0.2, 0.25) is 0 Å². The largest absolute Gasteiger partial charge is 0.494 e. The van der Waals surface area contributed by atoms with E-state index in [1.165, 1.54) is 6.07 Å². The number of fused-ring (bicyclic) bond motifs is 1. The molecule has 0 radical (unpaired) electrons. The third-order valence-electron chi connectivity index (χ3n) is 7.22. The van der Waals surface area contributed by atoms with Crippen LogP contribution in [-0.2, 0) is 11.2 Å². The van der Waals surface area contributed by atoms with E-state index in [1.54, 1.807) is 19.4 Å². The summed E-state index contributed by atoms with van der Waals surface area (Å²) < 4.78 is 26.6. The van der Waals surface area contributed by atoms with Gasteiger partial charge in [0.05, 0.1) is 12.5 Å².